The summed E-state index contributed by atoms with van der Waals surface area (Å²) in [5.41, 5.74) is 2.02. The first-order valence-electron chi connectivity index (χ1n) is 18.4. The Hall–Kier alpha value is -4.98. The van der Waals surface area contributed by atoms with Crippen molar-refractivity contribution in [2.75, 3.05) is 31.1 Å². The van der Waals surface area contributed by atoms with Gasteiger partial charge in [-0.15, -0.1) is 0 Å². The average molecular weight is 935 g/mol. The lowest BCUT2D eigenvalue weighted by atomic mass is 9.51. The van der Waals surface area contributed by atoms with Crippen LogP contribution in [0.3, 0.4) is 0 Å². The number of benzene rings is 4. The highest BCUT2D eigenvalue weighted by atomic mass is 79.9. The van der Waals surface area contributed by atoms with E-state index in [2.05, 4.69) is 31.9 Å². The fourth-order valence-corrected chi connectivity index (χ4v) is 10.5. The number of imide groups is 2. The SMILES string of the molecule is COc1ccc(OC)c(C=Cc2ccc(N3C(=O)C4CC=C5C(CC6C(=O)N(c7ccc(F)c(Cl)c7)C(=O)C6(C)C5c5cc(OC)c(O)c(Br)c5Br)C4C3=O)cc2)c1. The third-order valence-electron chi connectivity index (χ3n) is 12.2. The summed E-state index contributed by atoms with van der Waals surface area (Å²) in [4.78, 5) is 60.6. The third-order valence-corrected chi connectivity index (χ3v) is 14.6. The van der Waals surface area contributed by atoms with Crippen molar-refractivity contribution in [2.24, 2.45) is 29.1 Å². The molecule has 0 bridgehead atoms. The number of carbonyl (C=O) groups excluding carboxylic acids is 4. The van der Waals surface area contributed by atoms with Crippen LogP contribution in [0.4, 0.5) is 15.8 Å². The van der Waals surface area contributed by atoms with E-state index in [1.807, 2.05) is 48.6 Å². The summed E-state index contributed by atoms with van der Waals surface area (Å²) in [5, 5.41) is 10.6. The number of rotatable bonds is 8. The highest BCUT2D eigenvalue weighted by Gasteiger charge is 2.68. The van der Waals surface area contributed by atoms with E-state index in [4.69, 9.17) is 25.8 Å². The smallest absolute Gasteiger partial charge is 0.241 e. The van der Waals surface area contributed by atoms with Crippen molar-refractivity contribution in [1.29, 1.82) is 0 Å². The first-order valence-corrected chi connectivity index (χ1v) is 20.4. The van der Waals surface area contributed by atoms with Gasteiger partial charge < -0.3 is 19.3 Å². The zero-order chi connectivity index (χ0) is 41.4. The number of nitrogens with zero attached hydrogens (tertiary/aromatic N) is 2. The Bertz CT molecular complexity index is 2490. The molecular formula is C44H36Br2ClFN2O8. The van der Waals surface area contributed by atoms with Crippen LogP contribution in [0.1, 0.15) is 42.4 Å². The van der Waals surface area contributed by atoms with Gasteiger partial charge in [0, 0.05) is 16.0 Å². The molecule has 2 saturated heterocycles. The van der Waals surface area contributed by atoms with Crippen LogP contribution < -0.4 is 24.0 Å². The quantitative estimate of drug-likeness (QED) is 0.105. The minimum atomic E-state index is -1.42. The first-order chi connectivity index (χ1) is 27.7. The third kappa shape index (κ3) is 6.07. The van der Waals surface area contributed by atoms with E-state index < -0.39 is 52.6 Å². The molecule has 4 aromatic carbocycles. The number of aromatic hydroxyl groups is 1. The van der Waals surface area contributed by atoms with E-state index in [1.54, 1.807) is 39.3 Å². The van der Waals surface area contributed by atoms with Crippen LogP contribution in [0.5, 0.6) is 23.0 Å². The van der Waals surface area contributed by atoms with Gasteiger partial charge in [0.25, 0.3) is 0 Å². The predicted octanol–water partition coefficient (Wildman–Crippen LogP) is 9.34. The van der Waals surface area contributed by atoms with E-state index in [0.29, 0.717) is 27.2 Å². The molecule has 2 aliphatic carbocycles. The van der Waals surface area contributed by atoms with Gasteiger partial charge in [-0.1, -0.05) is 47.5 Å². The summed E-state index contributed by atoms with van der Waals surface area (Å²) in [7, 11) is 4.58. The molecule has 4 amide bonds. The number of amides is 4. The molecule has 2 heterocycles. The summed E-state index contributed by atoms with van der Waals surface area (Å²) in [6.07, 6.45) is 6.04. The number of phenolic OH excluding ortho intramolecular Hbond substituents is 1. The summed E-state index contributed by atoms with van der Waals surface area (Å²) in [6, 6.07) is 17.9. The number of methoxy groups -OCH3 is 3. The standard InChI is InChI=1S/C44H36Br2ClFN2O8/c1-44-30(41(53)50(43(44)55)24-11-15-32(48)31(47)18-24)19-28-26(36(44)29-20-34(58-4)39(51)38(46)37(29)45)13-14-27-35(28)42(54)49(40(27)52)23-9-6-21(7-10-23)5-8-22-17-25(56-2)12-16-33(22)57-3/h5-13,15-18,20,27-28,30,35-36,51H,14,19H2,1-4H3. The Morgan fingerprint density at radius 1 is 0.810 bits per heavy atom. The van der Waals surface area contributed by atoms with Gasteiger partial charge in [0.2, 0.25) is 23.6 Å². The number of fused-ring (bicyclic) bond motifs is 4. The molecule has 8 rings (SSSR count). The van der Waals surface area contributed by atoms with Crippen molar-refractivity contribution in [3.63, 3.8) is 0 Å². The van der Waals surface area contributed by atoms with Crippen molar-refractivity contribution in [3.05, 3.63) is 115 Å². The van der Waals surface area contributed by atoms with Gasteiger partial charge in [-0.25, -0.2) is 9.29 Å². The fourth-order valence-electron chi connectivity index (χ4n) is 9.35. The van der Waals surface area contributed by atoms with Gasteiger partial charge in [0.15, 0.2) is 11.5 Å². The van der Waals surface area contributed by atoms with E-state index in [0.717, 1.165) is 27.7 Å². The first kappa shape index (κ1) is 39.8. The summed E-state index contributed by atoms with van der Waals surface area (Å²) < 4.78 is 31.4. The molecule has 4 aromatic rings. The molecule has 3 fully saturated rings. The van der Waals surface area contributed by atoms with Crippen LogP contribution in [-0.4, -0.2) is 50.1 Å². The average Bonchev–Trinajstić information content (AvgIpc) is 3.59. The number of ether oxygens (including phenoxy) is 3. The zero-order valence-electron chi connectivity index (χ0n) is 31.6. The van der Waals surface area contributed by atoms with E-state index >= 15 is 0 Å². The maximum absolute atomic E-state index is 14.8. The van der Waals surface area contributed by atoms with Crippen molar-refractivity contribution >= 4 is 90.6 Å². The van der Waals surface area contributed by atoms with E-state index in [1.165, 1.54) is 24.1 Å². The Kier molecular flexibility index (Phi) is 10.3. The minimum Gasteiger partial charge on any atom is -0.503 e. The zero-order valence-corrected chi connectivity index (χ0v) is 35.5. The lowest BCUT2D eigenvalue weighted by Gasteiger charge is -2.49. The Balaban J connectivity index is 1.17. The normalized spacial score (nSPS) is 25.2. The number of hydrogen-bond acceptors (Lipinski definition) is 8. The van der Waals surface area contributed by atoms with Crippen molar-refractivity contribution in [3.8, 4) is 23.0 Å². The maximum Gasteiger partial charge on any atom is 0.241 e. The molecule has 1 saturated carbocycles. The number of hydrogen-bond donors (Lipinski definition) is 1. The monoisotopic (exact) mass is 932 g/mol. The molecule has 2 aliphatic heterocycles. The second-order valence-corrected chi connectivity index (χ2v) is 16.9. The maximum atomic E-state index is 14.8. The largest absolute Gasteiger partial charge is 0.503 e. The number of allylic oxidation sites excluding steroid dienone is 2. The second-order valence-electron chi connectivity index (χ2n) is 14.9. The van der Waals surface area contributed by atoms with Crippen LogP contribution in [0.25, 0.3) is 12.2 Å². The Morgan fingerprint density at radius 2 is 1.52 bits per heavy atom. The van der Waals surface area contributed by atoms with Crippen molar-refractivity contribution < 1.29 is 42.9 Å². The number of carbonyl (C=O) groups is 4. The molecule has 298 valence electrons. The topological polar surface area (TPSA) is 123 Å². The van der Waals surface area contributed by atoms with E-state index in [-0.39, 0.29) is 51.3 Å². The molecule has 14 heteroatoms. The van der Waals surface area contributed by atoms with Crippen LogP contribution in [-0.2, 0) is 19.2 Å². The molecule has 0 radical (unpaired) electrons. The molecular weight excluding hydrogens is 899 g/mol. The van der Waals surface area contributed by atoms with Gasteiger partial charge in [-0.05, 0) is 123 Å². The fraction of sp³-hybridized carbons (Fsp3) is 0.273. The number of anilines is 2. The summed E-state index contributed by atoms with van der Waals surface area (Å²) >= 11 is 13.2. The lowest BCUT2D eigenvalue weighted by Crippen LogP contribution is -2.49. The highest BCUT2D eigenvalue weighted by Crippen LogP contribution is 2.65. The van der Waals surface area contributed by atoms with Crippen molar-refractivity contribution in [2.45, 2.75) is 25.7 Å². The molecule has 0 spiro atoms. The molecule has 0 aromatic heterocycles. The van der Waals surface area contributed by atoms with Gasteiger partial charge in [-0.3, -0.25) is 24.1 Å². The molecule has 1 N–H and O–H groups in total. The van der Waals surface area contributed by atoms with Gasteiger partial charge in [-0.2, -0.15) is 0 Å². The highest BCUT2D eigenvalue weighted by molar-refractivity contribution is 9.13. The van der Waals surface area contributed by atoms with Crippen molar-refractivity contribution in [1.82, 2.24) is 0 Å². The Labute approximate surface area is 355 Å². The summed E-state index contributed by atoms with van der Waals surface area (Å²) in [5.74, 6) is -5.08. The van der Waals surface area contributed by atoms with E-state index in [9.17, 15) is 28.7 Å². The molecule has 10 nitrogen and oxygen atoms in total. The van der Waals surface area contributed by atoms with Crippen LogP contribution >= 0.6 is 43.5 Å². The van der Waals surface area contributed by atoms with Gasteiger partial charge in [0.05, 0.1) is 65.4 Å². The summed E-state index contributed by atoms with van der Waals surface area (Å²) in [6.45, 7) is 1.73. The number of halogens is 4. The van der Waals surface area contributed by atoms with Crippen LogP contribution in [0, 0.1) is 34.9 Å². The van der Waals surface area contributed by atoms with Crippen LogP contribution in [0.15, 0.2) is 87.3 Å². The second kappa shape index (κ2) is 15.0. The number of phenols is 1. The minimum absolute atomic E-state index is 0.105. The lowest BCUT2D eigenvalue weighted by molar-refractivity contribution is -0.131. The van der Waals surface area contributed by atoms with Gasteiger partial charge in [0.1, 0.15) is 17.3 Å². The molecule has 4 aliphatic rings. The molecule has 6 atom stereocenters. The molecule has 6 unspecified atom stereocenters. The predicted molar refractivity (Wildman–Crippen MR) is 223 cm³/mol. The molecule has 58 heavy (non-hydrogen) atoms. The van der Waals surface area contributed by atoms with Gasteiger partial charge >= 0.3 is 0 Å². The van der Waals surface area contributed by atoms with Crippen LogP contribution in [0.2, 0.25) is 5.02 Å². The Morgan fingerprint density at radius 3 is 2.19 bits per heavy atom.